The van der Waals surface area contributed by atoms with Crippen LogP contribution < -0.4 is 5.32 Å². The van der Waals surface area contributed by atoms with Crippen LogP contribution in [0.25, 0.3) is 5.57 Å². The molecule has 0 saturated heterocycles. The normalized spacial score (nSPS) is 43.0. The van der Waals surface area contributed by atoms with E-state index in [-0.39, 0.29) is 22.3 Å². The van der Waals surface area contributed by atoms with E-state index in [9.17, 15) is 4.79 Å². The van der Waals surface area contributed by atoms with Gasteiger partial charge < -0.3 is 10.1 Å². The Hall–Kier alpha value is -1.58. The van der Waals surface area contributed by atoms with Gasteiger partial charge in [0.05, 0.1) is 12.7 Å². The highest BCUT2D eigenvalue weighted by Crippen LogP contribution is 2.76. The van der Waals surface area contributed by atoms with Crippen molar-refractivity contribution < 1.29 is 9.53 Å². The summed E-state index contributed by atoms with van der Waals surface area (Å²) in [6, 6.07) is 8.12. The molecule has 0 bridgehead atoms. The molecule has 0 amide bonds. The SMILES string of the molecule is C=C(C)[C@@H]1CC[C@]2(NCCCl)CC[C@]3(C)[C@H](CCC4[C@@]5(C)CC=C(c6ccc(C(=O)OC)cc6)C(C)(C)C5CC[C@]43C)C12. The standard InChI is InChI=1S/C39H56ClNO2/c1-25(2)28-15-20-39(41-24-23-40)22-21-37(6)30(33(28)39)13-14-32-36(5)18-16-29(26-9-11-27(12-10-26)34(42)43-8)35(3,4)31(36)17-19-38(32,37)7/h9-12,16,28,30-33,41H,1,13-15,17-24H2,2-8H3/t28-,30+,31?,32?,33?,36-,37+,38+,39-/m0/s1. The predicted molar refractivity (Wildman–Crippen MR) is 179 cm³/mol. The van der Waals surface area contributed by atoms with Crippen molar-refractivity contribution in [3.8, 4) is 0 Å². The molecule has 3 unspecified atom stereocenters. The number of methoxy groups -OCH3 is 1. The minimum Gasteiger partial charge on any atom is -0.465 e. The van der Waals surface area contributed by atoms with Crippen molar-refractivity contribution in [3.63, 3.8) is 0 Å². The fourth-order valence-electron chi connectivity index (χ4n) is 12.7. The van der Waals surface area contributed by atoms with E-state index in [4.69, 9.17) is 16.3 Å². The highest BCUT2D eigenvalue weighted by atomic mass is 35.5. The first kappa shape index (κ1) is 31.4. The molecule has 5 aliphatic carbocycles. The minimum atomic E-state index is -0.270. The monoisotopic (exact) mass is 605 g/mol. The second kappa shape index (κ2) is 10.8. The Bertz CT molecular complexity index is 1300. The molecular weight excluding hydrogens is 550 g/mol. The van der Waals surface area contributed by atoms with Crippen molar-refractivity contribution in [2.45, 2.75) is 105 Å². The van der Waals surface area contributed by atoms with Gasteiger partial charge in [-0.2, -0.15) is 0 Å². The molecule has 4 saturated carbocycles. The molecule has 0 radical (unpaired) electrons. The Balaban J connectivity index is 1.34. The summed E-state index contributed by atoms with van der Waals surface area (Å²) in [7, 11) is 1.45. The molecule has 9 atom stereocenters. The molecule has 4 fully saturated rings. The van der Waals surface area contributed by atoms with Gasteiger partial charge in [0.1, 0.15) is 0 Å². The lowest BCUT2D eigenvalue weighted by atomic mass is 9.33. The van der Waals surface area contributed by atoms with Gasteiger partial charge >= 0.3 is 5.97 Å². The van der Waals surface area contributed by atoms with Crippen LogP contribution in [0.2, 0.25) is 0 Å². The number of esters is 1. The van der Waals surface area contributed by atoms with Gasteiger partial charge in [-0.05, 0) is 139 Å². The van der Waals surface area contributed by atoms with Crippen molar-refractivity contribution in [1.29, 1.82) is 0 Å². The number of allylic oxidation sites excluding steroid dienone is 3. The Kier molecular flexibility index (Phi) is 7.85. The number of benzene rings is 1. The zero-order chi connectivity index (χ0) is 31.0. The lowest BCUT2D eigenvalue weighted by Crippen LogP contribution is -2.68. The van der Waals surface area contributed by atoms with E-state index >= 15 is 0 Å². The number of alkyl halides is 1. The maximum Gasteiger partial charge on any atom is 0.337 e. The van der Waals surface area contributed by atoms with Crippen molar-refractivity contribution in [2.75, 3.05) is 19.5 Å². The molecule has 1 aromatic rings. The number of carbonyl (C=O) groups excluding carboxylic acids is 1. The summed E-state index contributed by atoms with van der Waals surface area (Å²) in [4.78, 5) is 12.1. The van der Waals surface area contributed by atoms with Crippen LogP contribution in [0.4, 0.5) is 0 Å². The first-order valence-electron chi connectivity index (χ1n) is 17.1. The number of nitrogens with one attached hydrogen (secondary N) is 1. The molecule has 5 aliphatic rings. The lowest BCUT2D eigenvalue weighted by Gasteiger charge is -2.72. The topological polar surface area (TPSA) is 38.3 Å². The van der Waals surface area contributed by atoms with E-state index in [1.165, 1.54) is 75.2 Å². The third kappa shape index (κ3) is 4.40. The Labute approximate surface area is 266 Å². The van der Waals surface area contributed by atoms with Crippen LogP contribution in [-0.2, 0) is 4.74 Å². The van der Waals surface area contributed by atoms with Gasteiger partial charge in [-0.25, -0.2) is 4.79 Å². The van der Waals surface area contributed by atoms with Crippen LogP contribution in [0.1, 0.15) is 115 Å². The van der Waals surface area contributed by atoms with E-state index < -0.39 is 0 Å². The molecule has 0 spiro atoms. The van der Waals surface area contributed by atoms with Gasteiger partial charge in [-0.15, -0.1) is 11.6 Å². The zero-order valence-electron chi connectivity index (χ0n) is 28.0. The van der Waals surface area contributed by atoms with E-state index in [1.807, 2.05) is 12.1 Å². The number of hydrogen-bond donors (Lipinski definition) is 1. The quantitative estimate of drug-likeness (QED) is 0.199. The van der Waals surface area contributed by atoms with Crippen molar-refractivity contribution in [1.82, 2.24) is 5.32 Å². The number of fused-ring (bicyclic) bond motifs is 7. The van der Waals surface area contributed by atoms with Crippen LogP contribution in [0, 0.1) is 51.2 Å². The summed E-state index contributed by atoms with van der Waals surface area (Å²) in [6.45, 7) is 20.9. The second-order valence-electron chi connectivity index (χ2n) is 16.6. The van der Waals surface area contributed by atoms with Gasteiger partial charge in [0.2, 0.25) is 0 Å². The summed E-state index contributed by atoms with van der Waals surface area (Å²) in [5.41, 5.74) is 6.01. The van der Waals surface area contributed by atoms with E-state index in [0.29, 0.717) is 40.0 Å². The molecule has 1 N–H and O–H groups in total. The highest BCUT2D eigenvalue weighted by Gasteiger charge is 2.70. The summed E-state index contributed by atoms with van der Waals surface area (Å²) >= 11 is 6.26. The molecule has 0 aliphatic heterocycles. The number of halogens is 1. The first-order valence-corrected chi connectivity index (χ1v) is 17.7. The van der Waals surface area contributed by atoms with Crippen LogP contribution in [0.5, 0.6) is 0 Å². The van der Waals surface area contributed by atoms with Crippen molar-refractivity contribution in [3.05, 3.63) is 53.6 Å². The highest BCUT2D eigenvalue weighted by molar-refractivity contribution is 6.18. The third-order valence-corrected chi connectivity index (χ3v) is 15.0. The fourth-order valence-corrected chi connectivity index (χ4v) is 12.8. The molecule has 1 aromatic carbocycles. The molecule has 43 heavy (non-hydrogen) atoms. The first-order chi connectivity index (χ1) is 20.3. The minimum absolute atomic E-state index is 0.0720. The number of ether oxygens (including phenoxy) is 1. The fraction of sp³-hybridized carbons (Fsp3) is 0.718. The maximum atomic E-state index is 12.1. The Morgan fingerprint density at radius 1 is 0.953 bits per heavy atom. The van der Waals surface area contributed by atoms with E-state index in [2.05, 4.69) is 71.6 Å². The van der Waals surface area contributed by atoms with Crippen molar-refractivity contribution >= 4 is 23.1 Å². The summed E-state index contributed by atoms with van der Waals surface area (Å²) in [6.07, 6.45) is 14.2. The largest absolute Gasteiger partial charge is 0.465 e. The van der Waals surface area contributed by atoms with Gasteiger partial charge in [0.25, 0.3) is 0 Å². The predicted octanol–water partition coefficient (Wildman–Crippen LogP) is 9.70. The van der Waals surface area contributed by atoms with Gasteiger partial charge in [0.15, 0.2) is 0 Å². The number of rotatable bonds is 6. The molecule has 0 heterocycles. The van der Waals surface area contributed by atoms with Crippen LogP contribution >= 0.6 is 11.6 Å². The van der Waals surface area contributed by atoms with Crippen LogP contribution in [0.15, 0.2) is 42.5 Å². The molecule has 0 aromatic heterocycles. The molecule has 6 rings (SSSR count). The average molecular weight is 606 g/mol. The van der Waals surface area contributed by atoms with Crippen LogP contribution in [-0.4, -0.2) is 31.0 Å². The summed E-state index contributed by atoms with van der Waals surface area (Å²) in [5.74, 6) is 3.84. The van der Waals surface area contributed by atoms with Crippen molar-refractivity contribution in [2.24, 2.45) is 51.2 Å². The van der Waals surface area contributed by atoms with Gasteiger partial charge in [-0.3, -0.25) is 0 Å². The smallest absolute Gasteiger partial charge is 0.337 e. The molecule has 4 heteroatoms. The van der Waals surface area contributed by atoms with Gasteiger partial charge in [0, 0.05) is 18.0 Å². The van der Waals surface area contributed by atoms with Gasteiger partial charge in [-0.1, -0.05) is 65.0 Å². The van der Waals surface area contributed by atoms with Crippen LogP contribution in [0.3, 0.4) is 0 Å². The summed E-state index contributed by atoms with van der Waals surface area (Å²) in [5, 5.41) is 4.06. The number of carbonyl (C=O) groups is 1. The maximum absolute atomic E-state index is 12.1. The second-order valence-corrected chi connectivity index (χ2v) is 16.9. The average Bonchev–Trinajstić information content (AvgIpc) is 3.36. The molecule has 3 nitrogen and oxygen atoms in total. The Morgan fingerprint density at radius 2 is 1.67 bits per heavy atom. The molecular formula is C39H56ClNO2. The number of hydrogen-bond acceptors (Lipinski definition) is 3. The Morgan fingerprint density at radius 3 is 2.33 bits per heavy atom. The lowest BCUT2D eigenvalue weighted by molar-refractivity contribution is -0.219. The summed E-state index contributed by atoms with van der Waals surface area (Å²) < 4.78 is 4.95. The zero-order valence-corrected chi connectivity index (χ0v) is 28.7. The van der Waals surface area contributed by atoms with E-state index in [0.717, 1.165) is 24.8 Å². The third-order valence-electron chi connectivity index (χ3n) is 14.8. The molecule has 236 valence electrons. The van der Waals surface area contributed by atoms with E-state index in [1.54, 1.807) is 0 Å².